The highest BCUT2D eigenvalue weighted by Gasteiger charge is 2.34. The molecule has 0 aromatic rings. The summed E-state index contributed by atoms with van der Waals surface area (Å²) in [6, 6.07) is -4.22. The van der Waals surface area contributed by atoms with E-state index < -0.39 is 73.5 Å². The number of rotatable bonds is 27. The van der Waals surface area contributed by atoms with Crippen molar-refractivity contribution in [2.24, 2.45) is 11.8 Å². The van der Waals surface area contributed by atoms with Gasteiger partial charge in [-0.2, -0.15) is 0 Å². The maximum Gasteiger partial charge on any atom is 0.323 e. The maximum absolute atomic E-state index is 12.4. The van der Waals surface area contributed by atoms with Crippen LogP contribution in [0.3, 0.4) is 0 Å². The van der Waals surface area contributed by atoms with Crippen LogP contribution in [0, 0.1) is 11.8 Å². The van der Waals surface area contributed by atoms with Crippen LogP contribution in [0.1, 0.15) is 77.0 Å². The Morgan fingerprint density at radius 3 is 1.18 bits per heavy atom. The Labute approximate surface area is 292 Å². The van der Waals surface area contributed by atoms with Crippen molar-refractivity contribution in [2.45, 2.75) is 95.2 Å². The first-order chi connectivity index (χ1) is 23.8. The first-order valence-electron chi connectivity index (χ1n) is 17.5. The molecule has 0 aromatic carbocycles. The van der Waals surface area contributed by atoms with E-state index in [0.29, 0.717) is 13.2 Å². The number of hydrogen-bond acceptors (Lipinski definition) is 11. The summed E-state index contributed by atoms with van der Waals surface area (Å²) >= 11 is 0. The van der Waals surface area contributed by atoms with Gasteiger partial charge in [0.15, 0.2) is 0 Å². The van der Waals surface area contributed by atoms with Gasteiger partial charge in [-0.25, -0.2) is 0 Å². The van der Waals surface area contributed by atoms with Crippen molar-refractivity contribution in [3.63, 3.8) is 0 Å². The van der Waals surface area contributed by atoms with Crippen LogP contribution in [0.15, 0.2) is 0 Å². The zero-order valence-corrected chi connectivity index (χ0v) is 28.7. The second-order valence-corrected chi connectivity index (χ2v) is 13.3. The number of carbonyl (C=O) groups is 6. The molecule has 286 valence electrons. The topological polar surface area (TPSA) is 252 Å². The highest BCUT2D eigenvalue weighted by Crippen LogP contribution is 2.25. The molecule has 0 bridgehead atoms. The van der Waals surface area contributed by atoms with Gasteiger partial charge in [-0.15, -0.1) is 0 Å². The summed E-state index contributed by atoms with van der Waals surface area (Å²) in [4.78, 5) is 75.5. The van der Waals surface area contributed by atoms with Gasteiger partial charge in [-0.05, 0) is 43.9 Å². The molecule has 2 fully saturated rings. The fourth-order valence-electron chi connectivity index (χ4n) is 6.76. The van der Waals surface area contributed by atoms with Crippen molar-refractivity contribution in [2.75, 3.05) is 65.7 Å². The molecule has 3 atom stereocenters. The summed E-state index contributed by atoms with van der Waals surface area (Å²) in [7, 11) is 0. The molecule has 0 saturated heterocycles. The lowest BCUT2D eigenvalue weighted by Gasteiger charge is -2.35. The quantitative estimate of drug-likeness (QED) is 0.0704. The van der Waals surface area contributed by atoms with Gasteiger partial charge in [0, 0.05) is 45.8 Å². The summed E-state index contributed by atoms with van der Waals surface area (Å²) < 4.78 is 11.5. The van der Waals surface area contributed by atoms with E-state index >= 15 is 0 Å². The third-order valence-corrected chi connectivity index (χ3v) is 9.54. The molecule has 0 unspecified atom stereocenters. The Hall–Kier alpha value is -3.38. The molecule has 2 rings (SSSR count). The number of ether oxygens (including phenoxy) is 2. The molecule has 2 aliphatic rings. The maximum atomic E-state index is 12.4. The van der Waals surface area contributed by atoms with Gasteiger partial charge in [0.2, 0.25) is 0 Å². The predicted octanol–water partition coefficient (Wildman–Crippen LogP) is 1.48. The van der Waals surface area contributed by atoms with E-state index in [4.69, 9.17) is 9.47 Å². The van der Waals surface area contributed by atoms with Crippen molar-refractivity contribution in [1.29, 1.82) is 0 Å². The van der Waals surface area contributed by atoms with Crippen LogP contribution in [0.5, 0.6) is 0 Å². The van der Waals surface area contributed by atoms with Crippen LogP contribution in [-0.2, 0) is 38.2 Å². The fourth-order valence-corrected chi connectivity index (χ4v) is 6.76. The second kappa shape index (κ2) is 23.2. The minimum absolute atomic E-state index is 0.257. The molecular formula is C33H55N3O14. The van der Waals surface area contributed by atoms with Gasteiger partial charge in [0.05, 0.1) is 26.3 Å². The second-order valence-electron chi connectivity index (χ2n) is 13.3. The summed E-state index contributed by atoms with van der Waals surface area (Å²) in [5.74, 6) is -7.47. The Kier molecular flexibility index (Phi) is 19.8. The first kappa shape index (κ1) is 42.8. The zero-order valence-electron chi connectivity index (χ0n) is 28.7. The van der Waals surface area contributed by atoms with E-state index in [-0.39, 0.29) is 57.6 Å². The van der Waals surface area contributed by atoms with Crippen LogP contribution in [0.2, 0.25) is 0 Å². The molecule has 17 heteroatoms. The Morgan fingerprint density at radius 1 is 0.500 bits per heavy atom. The summed E-state index contributed by atoms with van der Waals surface area (Å²) in [5.41, 5.74) is 0. The van der Waals surface area contributed by atoms with E-state index in [1.54, 1.807) is 0 Å². The van der Waals surface area contributed by atoms with Crippen LogP contribution in [-0.4, -0.2) is 165 Å². The van der Waals surface area contributed by atoms with Gasteiger partial charge >= 0.3 is 35.8 Å². The average molecular weight is 718 g/mol. The molecule has 6 N–H and O–H groups in total. The molecule has 0 radical (unpaired) electrons. The Bertz CT molecular complexity index is 1030. The van der Waals surface area contributed by atoms with Gasteiger partial charge < -0.3 is 40.1 Å². The minimum atomic E-state index is -1.44. The zero-order chi connectivity index (χ0) is 37.1. The van der Waals surface area contributed by atoms with Gasteiger partial charge in [-0.3, -0.25) is 43.5 Å². The van der Waals surface area contributed by atoms with Crippen molar-refractivity contribution in [3.05, 3.63) is 0 Å². The van der Waals surface area contributed by atoms with Crippen molar-refractivity contribution in [3.8, 4) is 0 Å². The van der Waals surface area contributed by atoms with Crippen LogP contribution in [0.25, 0.3) is 0 Å². The molecule has 2 aliphatic carbocycles. The van der Waals surface area contributed by atoms with Crippen molar-refractivity contribution in [1.82, 2.24) is 14.7 Å². The largest absolute Gasteiger partial charge is 0.481 e. The SMILES string of the molecule is O=C(O)CC[C@H](C(=O)O)N(CCN(CC(=O)O)[C@H](COCC1CCCCC1)C(=O)O)CCN(CC(=O)O)[C@@H](COCC1CCCCC1)C(=O)O. The first-order valence-corrected chi connectivity index (χ1v) is 17.5. The lowest BCUT2D eigenvalue weighted by Crippen LogP contribution is -2.54. The van der Waals surface area contributed by atoms with E-state index in [1.807, 2.05) is 0 Å². The summed E-state index contributed by atoms with van der Waals surface area (Å²) in [6.45, 7) is -2.48. The summed E-state index contributed by atoms with van der Waals surface area (Å²) in [6.07, 6.45) is 9.35. The predicted molar refractivity (Wildman–Crippen MR) is 176 cm³/mol. The Balaban J connectivity index is 2.24. The normalized spacial score (nSPS) is 17.8. The molecule has 0 spiro atoms. The molecule has 0 heterocycles. The minimum Gasteiger partial charge on any atom is -0.481 e. The third kappa shape index (κ3) is 16.6. The van der Waals surface area contributed by atoms with E-state index in [2.05, 4.69) is 0 Å². The standard InChI is InChI=1S/C33H55N3O14/c37-28(38)12-11-25(31(43)44)34(13-15-35(17-29(39)40)26(32(45)46)21-49-19-23-7-3-1-4-8-23)14-16-36(18-30(41)42)27(33(47)48)22-50-20-24-9-5-2-6-10-24/h23-27H,1-22H2,(H,37,38)(H,39,40)(H,41,42)(H,43,44)(H,45,46)(H,47,48)/t25-,26-,27+/m1/s1. The molecule has 0 amide bonds. The lowest BCUT2D eigenvalue weighted by molar-refractivity contribution is -0.151. The molecule has 0 aliphatic heterocycles. The number of carboxylic acids is 6. The fraction of sp³-hybridized carbons (Fsp3) is 0.818. The van der Waals surface area contributed by atoms with Crippen molar-refractivity contribution < 1.29 is 68.9 Å². The average Bonchev–Trinajstić information content (AvgIpc) is 3.05. The van der Waals surface area contributed by atoms with Crippen LogP contribution >= 0.6 is 0 Å². The number of hydrogen-bond donors (Lipinski definition) is 6. The monoisotopic (exact) mass is 717 g/mol. The molecule has 50 heavy (non-hydrogen) atoms. The number of aliphatic carboxylic acids is 6. The highest BCUT2D eigenvalue weighted by atomic mass is 16.5. The number of nitrogens with zero attached hydrogens (tertiary/aromatic N) is 3. The molecule has 2 saturated carbocycles. The van der Waals surface area contributed by atoms with Gasteiger partial charge in [-0.1, -0.05) is 38.5 Å². The van der Waals surface area contributed by atoms with E-state index in [1.165, 1.54) is 4.90 Å². The third-order valence-electron chi connectivity index (χ3n) is 9.54. The van der Waals surface area contributed by atoms with E-state index in [9.17, 15) is 59.4 Å². The van der Waals surface area contributed by atoms with Crippen LogP contribution < -0.4 is 0 Å². The number of carboxylic acid groups (broad SMARTS) is 6. The van der Waals surface area contributed by atoms with Gasteiger partial charge in [0.1, 0.15) is 18.1 Å². The van der Waals surface area contributed by atoms with Gasteiger partial charge in [0.25, 0.3) is 0 Å². The van der Waals surface area contributed by atoms with Crippen LogP contribution in [0.4, 0.5) is 0 Å². The molecule has 17 nitrogen and oxygen atoms in total. The highest BCUT2D eigenvalue weighted by molar-refractivity contribution is 5.77. The van der Waals surface area contributed by atoms with Crippen molar-refractivity contribution >= 4 is 35.8 Å². The lowest BCUT2D eigenvalue weighted by atomic mass is 9.90. The molecule has 0 aromatic heterocycles. The van der Waals surface area contributed by atoms with E-state index in [0.717, 1.165) is 74.0 Å². The molecular weight excluding hydrogens is 662 g/mol. The summed E-state index contributed by atoms with van der Waals surface area (Å²) in [5, 5.41) is 58.6. The smallest absolute Gasteiger partial charge is 0.323 e. The Morgan fingerprint density at radius 2 is 0.860 bits per heavy atom.